The van der Waals surface area contributed by atoms with Crippen molar-refractivity contribution < 1.29 is 4.42 Å². The van der Waals surface area contributed by atoms with E-state index in [1.165, 1.54) is 28.9 Å². The SMILES string of the molecule is CCSCCC(C)NCc1c(CC)oc2ccccc12. The van der Waals surface area contributed by atoms with Gasteiger partial charge in [0.25, 0.3) is 0 Å². The molecular weight excluding hydrogens is 266 g/mol. The number of benzene rings is 1. The monoisotopic (exact) mass is 291 g/mol. The molecule has 0 aliphatic rings. The Kier molecular flexibility index (Phi) is 5.99. The number of thioether (sulfide) groups is 1. The number of fused-ring (bicyclic) bond motifs is 1. The Bertz CT molecular complexity index is 535. The molecule has 2 rings (SSSR count). The lowest BCUT2D eigenvalue weighted by Crippen LogP contribution is -2.26. The maximum Gasteiger partial charge on any atom is 0.134 e. The molecule has 1 atom stereocenters. The van der Waals surface area contributed by atoms with Crippen LogP contribution in [0.1, 0.15) is 38.5 Å². The van der Waals surface area contributed by atoms with E-state index in [-0.39, 0.29) is 0 Å². The van der Waals surface area contributed by atoms with Gasteiger partial charge in [-0.3, -0.25) is 0 Å². The largest absolute Gasteiger partial charge is 0.461 e. The lowest BCUT2D eigenvalue weighted by atomic mass is 10.1. The van der Waals surface area contributed by atoms with Gasteiger partial charge >= 0.3 is 0 Å². The van der Waals surface area contributed by atoms with Gasteiger partial charge < -0.3 is 9.73 Å². The molecule has 0 saturated carbocycles. The molecule has 1 heterocycles. The molecule has 0 fully saturated rings. The molecule has 3 heteroatoms. The first kappa shape index (κ1) is 15.5. The second kappa shape index (κ2) is 7.75. The van der Waals surface area contributed by atoms with Gasteiger partial charge in [-0.2, -0.15) is 11.8 Å². The Hall–Kier alpha value is -0.930. The quantitative estimate of drug-likeness (QED) is 0.719. The fraction of sp³-hybridized carbons (Fsp3) is 0.529. The third-order valence-corrected chi connectivity index (χ3v) is 4.56. The van der Waals surface area contributed by atoms with Crippen LogP contribution in [0, 0.1) is 0 Å². The standard InChI is InChI=1S/C17H25NOS/c1-4-16-15(12-18-13(3)10-11-20-5-2)14-8-6-7-9-17(14)19-16/h6-9,13,18H,4-5,10-12H2,1-3H3. The van der Waals surface area contributed by atoms with E-state index in [9.17, 15) is 0 Å². The van der Waals surface area contributed by atoms with Crippen molar-refractivity contribution in [2.75, 3.05) is 11.5 Å². The number of rotatable bonds is 8. The van der Waals surface area contributed by atoms with Crippen molar-refractivity contribution in [2.45, 2.75) is 46.2 Å². The topological polar surface area (TPSA) is 25.2 Å². The van der Waals surface area contributed by atoms with Crippen LogP contribution in [0.5, 0.6) is 0 Å². The van der Waals surface area contributed by atoms with Crippen molar-refractivity contribution in [3.8, 4) is 0 Å². The Morgan fingerprint density at radius 2 is 2.05 bits per heavy atom. The van der Waals surface area contributed by atoms with Crippen molar-refractivity contribution in [2.24, 2.45) is 0 Å². The highest BCUT2D eigenvalue weighted by Crippen LogP contribution is 2.26. The molecule has 1 aromatic heterocycles. The van der Waals surface area contributed by atoms with Crippen LogP contribution in [0.3, 0.4) is 0 Å². The van der Waals surface area contributed by atoms with Crippen molar-refractivity contribution >= 4 is 22.7 Å². The lowest BCUT2D eigenvalue weighted by Gasteiger charge is -2.13. The molecule has 0 amide bonds. The minimum atomic E-state index is 0.549. The van der Waals surface area contributed by atoms with Gasteiger partial charge in [0.05, 0.1) is 0 Å². The first-order valence-corrected chi connectivity index (χ1v) is 8.72. The van der Waals surface area contributed by atoms with Crippen molar-refractivity contribution in [3.05, 3.63) is 35.6 Å². The summed E-state index contributed by atoms with van der Waals surface area (Å²) in [5, 5.41) is 4.89. The van der Waals surface area contributed by atoms with E-state index in [0.717, 1.165) is 24.3 Å². The summed E-state index contributed by atoms with van der Waals surface area (Å²) in [6.07, 6.45) is 2.17. The predicted octanol–water partition coefficient (Wildman–Crippen LogP) is 4.62. The summed E-state index contributed by atoms with van der Waals surface area (Å²) in [4.78, 5) is 0. The normalized spacial score (nSPS) is 12.9. The van der Waals surface area contributed by atoms with Gasteiger partial charge in [-0.25, -0.2) is 0 Å². The van der Waals surface area contributed by atoms with E-state index in [1.54, 1.807) is 0 Å². The predicted molar refractivity (Wildman–Crippen MR) is 89.5 cm³/mol. The molecule has 0 saturated heterocycles. The number of aryl methyl sites for hydroxylation is 1. The number of furan rings is 1. The molecule has 0 bridgehead atoms. The van der Waals surface area contributed by atoms with Crippen molar-refractivity contribution in [3.63, 3.8) is 0 Å². The minimum absolute atomic E-state index is 0.549. The summed E-state index contributed by atoms with van der Waals surface area (Å²) in [5.74, 6) is 3.56. The van der Waals surface area contributed by atoms with Crippen LogP contribution < -0.4 is 5.32 Å². The molecule has 110 valence electrons. The molecule has 1 N–H and O–H groups in total. The highest BCUT2D eigenvalue weighted by molar-refractivity contribution is 7.99. The molecule has 20 heavy (non-hydrogen) atoms. The van der Waals surface area contributed by atoms with Gasteiger partial charge in [0, 0.05) is 30.0 Å². The minimum Gasteiger partial charge on any atom is -0.461 e. The maximum absolute atomic E-state index is 5.94. The van der Waals surface area contributed by atoms with Crippen LogP contribution in [0.25, 0.3) is 11.0 Å². The summed E-state index contributed by atoms with van der Waals surface area (Å²) >= 11 is 2.01. The molecular formula is C17H25NOS. The zero-order chi connectivity index (χ0) is 14.4. The van der Waals surface area contributed by atoms with Crippen LogP contribution in [0.2, 0.25) is 0 Å². The third kappa shape index (κ3) is 3.80. The molecule has 1 aromatic carbocycles. The van der Waals surface area contributed by atoms with Crippen LogP contribution in [-0.2, 0) is 13.0 Å². The first-order chi connectivity index (χ1) is 9.76. The van der Waals surface area contributed by atoms with E-state index in [2.05, 4.69) is 44.3 Å². The average molecular weight is 291 g/mol. The molecule has 0 spiro atoms. The molecule has 0 aliphatic heterocycles. The van der Waals surface area contributed by atoms with E-state index in [4.69, 9.17) is 4.42 Å². The van der Waals surface area contributed by atoms with Crippen LogP contribution in [0.4, 0.5) is 0 Å². The molecule has 1 unspecified atom stereocenters. The van der Waals surface area contributed by atoms with Gasteiger partial charge in [-0.1, -0.05) is 32.0 Å². The van der Waals surface area contributed by atoms with Gasteiger partial charge in [-0.05, 0) is 30.9 Å². The molecule has 2 nitrogen and oxygen atoms in total. The Morgan fingerprint density at radius 3 is 2.80 bits per heavy atom. The average Bonchev–Trinajstić information content (AvgIpc) is 2.83. The maximum atomic E-state index is 5.94. The van der Waals surface area contributed by atoms with Gasteiger partial charge in [0.15, 0.2) is 0 Å². The lowest BCUT2D eigenvalue weighted by molar-refractivity contribution is 0.515. The highest BCUT2D eigenvalue weighted by Gasteiger charge is 2.12. The van der Waals surface area contributed by atoms with Crippen molar-refractivity contribution in [1.82, 2.24) is 5.32 Å². The zero-order valence-corrected chi connectivity index (χ0v) is 13.6. The Balaban J connectivity index is 2.01. The summed E-state index contributed by atoms with van der Waals surface area (Å²) < 4.78 is 5.94. The number of nitrogens with one attached hydrogen (secondary N) is 1. The number of hydrogen-bond acceptors (Lipinski definition) is 3. The van der Waals surface area contributed by atoms with Gasteiger partial charge in [0.1, 0.15) is 11.3 Å². The van der Waals surface area contributed by atoms with Crippen LogP contribution in [0.15, 0.2) is 28.7 Å². The fourth-order valence-electron chi connectivity index (χ4n) is 2.41. The van der Waals surface area contributed by atoms with E-state index >= 15 is 0 Å². The summed E-state index contributed by atoms with van der Waals surface area (Å²) in [5.41, 5.74) is 2.34. The summed E-state index contributed by atoms with van der Waals surface area (Å²) in [7, 11) is 0. The number of para-hydroxylation sites is 1. The van der Waals surface area contributed by atoms with E-state index in [0.29, 0.717) is 6.04 Å². The second-order valence-corrected chi connectivity index (χ2v) is 6.51. The van der Waals surface area contributed by atoms with Crippen LogP contribution in [-0.4, -0.2) is 17.5 Å². The van der Waals surface area contributed by atoms with E-state index in [1.807, 2.05) is 17.8 Å². The summed E-state index contributed by atoms with van der Waals surface area (Å²) in [6.45, 7) is 7.54. The van der Waals surface area contributed by atoms with Gasteiger partial charge in [-0.15, -0.1) is 0 Å². The molecule has 0 radical (unpaired) electrons. The van der Waals surface area contributed by atoms with Crippen molar-refractivity contribution in [1.29, 1.82) is 0 Å². The van der Waals surface area contributed by atoms with E-state index < -0.39 is 0 Å². The van der Waals surface area contributed by atoms with Crippen LogP contribution >= 0.6 is 11.8 Å². The Labute approximate surface area is 126 Å². The Morgan fingerprint density at radius 1 is 1.25 bits per heavy atom. The third-order valence-electron chi connectivity index (χ3n) is 3.63. The highest BCUT2D eigenvalue weighted by atomic mass is 32.2. The first-order valence-electron chi connectivity index (χ1n) is 7.56. The molecule has 0 aliphatic carbocycles. The zero-order valence-electron chi connectivity index (χ0n) is 12.7. The second-order valence-electron chi connectivity index (χ2n) is 5.12. The summed E-state index contributed by atoms with van der Waals surface area (Å²) in [6, 6.07) is 8.88. The smallest absolute Gasteiger partial charge is 0.134 e. The molecule has 2 aromatic rings. The van der Waals surface area contributed by atoms with Gasteiger partial charge in [0.2, 0.25) is 0 Å². The number of hydrogen-bond donors (Lipinski definition) is 1. The fourth-order valence-corrected chi connectivity index (χ4v) is 3.22.